The lowest BCUT2D eigenvalue weighted by Crippen LogP contribution is -1.88. The SMILES string of the molecule is O=[P+](O)Cc1ccc(-c2cc(-c3ccccc3)c3ccccc3n2)s1. The fraction of sp³-hybridized carbons (Fsp3) is 0.0500. The van der Waals surface area contributed by atoms with Gasteiger partial charge in [-0.1, -0.05) is 48.5 Å². The first kappa shape index (κ1) is 16.1. The fourth-order valence-electron chi connectivity index (χ4n) is 2.89. The molecule has 25 heavy (non-hydrogen) atoms. The van der Waals surface area contributed by atoms with E-state index < -0.39 is 8.03 Å². The monoisotopic (exact) mass is 364 g/mol. The highest BCUT2D eigenvalue weighted by Gasteiger charge is 2.16. The Bertz CT molecular complexity index is 1060. The van der Waals surface area contributed by atoms with Gasteiger partial charge < -0.3 is 0 Å². The van der Waals surface area contributed by atoms with Crippen LogP contribution in [0.1, 0.15) is 4.88 Å². The first-order valence-corrected chi connectivity index (χ1v) is 10.1. The molecule has 1 N–H and O–H groups in total. The molecule has 122 valence electrons. The molecule has 0 aliphatic heterocycles. The Hall–Kier alpha value is -2.39. The van der Waals surface area contributed by atoms with Gasteiger partial charge in [0.2, 0.25) is 6.16 Å². The molecule has 2 aromatic heterocycles. The van der Waals surface area contributed by atoms with Crippen LogP contribution in [-0.4, -0.2) is 9.88 Å². The first-order valence-electron chi connectivity index (χ1n) is 7.88. The second kappa shape index (κ2) is 6.85. The molecule has 3 nitrogen and oxygen atoms in total. The summed E-state index contributed by atoms with van der Waals surface area (Å²) >= 11 is 1.52. The van der Waals surface area contributed by atoms with E-state index >= 15 is 0 Å². The summed E-state index contributed by atoms with van der Waals surface area (Å²) in [7, 11) is -2.16. The summed E-state index contributed by atoms with van der Waals surface area (Å²) in [4.78, 5) is 15.8. The molecule has 2 aromatic carbocycles. The zero-order chi connectivity index (χ0) is 17.2. The maximum atomic E-state index is 11.1. The average molecular weight is 364 g/mol. The summed E-state index contributed by atoms with van der Waals surface area (Å²) in [6.45, 7) is 0. The van der Waals surface area contributed by atoms with E-state index in [1.807, 2.05) is 48.5 Å². The molecule has 0 saturated heterocycles. The van der Waals surface area contributed by atoms with Gasteiger partial charge in [-0.3, -0.25) is 0 Å². The van der Waals surface area contributed by atoms with Crippen LogP contribution in [0.4, 0.5) is 0 Å². The van der Waals surface area contributed by atoms with Crippen LogP contribution in [0.2, 0.25) is 0 Å². The van der Waals surface area contributed by atoms with Crippen molar-refractivity contribution in [2.45, 2.75) is 6.16 Å². The molecule has 0 aliphatic carbocycles. The Kier molecular flexibility index (Phi) is 4.41. The summed E-state index contributed by atoms with van der Waals surface area (Å²) in [5.74, 6) is 0. The number of rotatable bonds is 4. The highest BCUT2D eigenvalue weighted by Crippen LogP contribution is 2.36. The van der Waals surface area contributed by atoms with E-state index in [2.05, 4.69) is 24.3 Å². The van der Waals surface area contributed by atoms with Gasteiger partial charge in [0.25, 0.3) is 0 Å². The standard InChI is InChI=1S/C20H14NO2PS/c22-24(23)13-15-10-11-20(25-15)19-12-17(14-6-2-1-3-7-14)16-8-4-5-9-18(16)21-19/h1-12H,13H2/p+1. The molecule has 0 saturated carbocycles. The molecule has 1 atom stereocenters. The van der Waals surface area contributed by atoms with Crippen molar-refractivity contribution >= 4 is 30.3 Å². The van der Waals surface area contributed by atoms with Crippen molar-refractivity contribution in [3.05, 3.63) is 77.7 Å². The Morgan fingerprint density at radius 3 is 2.52 bits per heavy atom. The van der Waals surface area contributed by atoms with Gasteiger partial charge in [0.15, 0.2) is 0 Å². The van der Waals surface area contributed by atoms with Gasteiger partial charge >= 0.3 is 8.03 Å². The minimum absolute atomic E-state index is 0.194. The number of aromatic nitrogens is 1. The van der Waals surface area contributed by atoms with Gasteiger partial charge in [-0.25, -0.2) is 4.98 Å². The second-order valence-corrected chi connectivity index (χ2v) is 7.90. The molecule has 4 aromatic rings. The number of thiophene rings is 1. The molecule has 0 aliphatic rings. The van der Waals surface area contributed by atoms with E-state index in [1.54, 1.807) is 0 Å². The Morgan fingerprint density at radius 2 is 1.72 bits per heavy atom. The molecule has 0 fully saturated rings. The number of para-hydroxylation sites is 1. The second-order valence-electron chi connectivity index (χ2n) is 5.71. The minimum atomic E-state index is -2.16. The summed E-state index contributed by atoms with van der Waals surface area (Å²) in [6, 6.07) is 24.4. The molecule has 1 unspecified atom stereocenters. The number of benzene rings is 2. The molecule has 0 radical (unpaired) electrons. The van der Waals surface area contributed by atoms with Crippen LogP contribution in [0.3, 0.4) is 0 Å². The van der Waals surface area contributed by atoms with Crippen molar-refractivity contribution < 1.29 is 9.46 Å². The van der Waals surface area contributed by atoms with E-state index in [4.69, 9.17) is 9.88 Å². The van der Waals surface area contributed by atoms with E-state index in [-0.39, 0.29) is 6.16 Å². The van der Waals surface area contributed by atoms with Crippen LogP contribution in [0.15, 0.2) is 72.8 Å². The topological polar surface area (TPSA) is 50.2 Å². The van der Waals surface area contributed by atoms with Gasteiger partial charge in [0.05, 0.1) is 21.0 Å². The number of hydrogen-bond acceptors (Lipinski definition) is 3. The number of hydrogen-bond donors (Lipinski definition) is 1. The normalized spacial score (nSPS) is 11.6. The predicted octanol–water partition coefficient (Wildman–Crippen LogP) is 5.87. The summed E-state index contributed by atoms with van der Waals surface area (Å²) in [6.07, 6.45) is 0.194. The summed E-state index contributed by atoms with van der Waals surface area (Å²) < 4.78 is 11.1. The Balaban J connectivity index is 1.88. The molecule has 0 bridgehead atoms. The quantitative estimate of drug-likeness (QED) is 0.461. The molecule has 5 heteroatoms. The highest BCUT2D eigenvalue weighted by molar-refractivity contribution is 7.37. The largest absolute Gasteiger partial charge is 0.511 e. The van der Waals surface area contributed by atoms with Crippen LogP contribution in [0, 0.1) is 0 Å². The van der Waals surface area contributed by atoms with E-state index in [1.165, 1.54) is 11.3 Å². The van der Waals surface area contributed by atoms with Gasteiger partial charge in [-0.05, 0) is 40.0 Å². The predicted molar refractivity (Wildman–Crippen MR) is 104 cm³/mol. The number of pyridine rings is 1. The maximum Gasteiger partial charge on any atom is 0.511 e. The van der Waals surface area contributed by atoms with Crippen LogP contribution < -0.4 is 0 Å². The molecule has 4 rings (SSSR count). The first-order chi connectivity index (χ1) is 12.2. The third-order valence-electron chi connectivity index (χ3n) is 4.01. The van der Waals surface area contributed by atoms with Gasteiger partial charge in [-0.2, -0.15) is 4.89 Å². The Morgan fingerprint density at radius 1 is 0.960 bits per heavy atom. The third kappa shape index (κ3) is 3.38. The lowest BCUT2D eigenvalue weighted by molar-refractivity contribution is 0.502. The number of nitrogens with zero attached hydrogens (tertiary/aromatic N) is 1. The Labute approximate surface area is 150 Å². The van der Waals surface area contributed by atoms with E-state index in [0.717, 1.165) is 37.5 Å². The van der Waals surface area contributed by atoms with E-state index in [0.29, 0.717) is 0 Å². The zero-order valence-corrected chi connectivity index (χ0v) is 15.0. The third-order valence-corrected chi connectivity index (χ3v) is 5.94. The van der Waals surface area contributed by atoms with Crippen LogP contribution >= 0.6 is 19.4 Å². The van der Waals surface area contributed by atoms with E-state index in [9.17, 15) is 4.57 Å². The van der Waals surface area contributed by atoms with Crippen LogP contribution in [-0.2, 0) is 10.7 Å². The van der Waals surface area contributed by atoms with Crippen LogP contribution in [0.25, 0.3) is 32.6 Å². The number of fused-ring (bicyclic) bond motifs is 1. The average Bonchev–Trinajstić information content (AvgIpc) is 3.09. The maximum absolute atomic E-state index is 11.1. The molecular weight excluding hydrogens is 349 g/mol. The smallest absolute Gasteiger partial charge is 0.247 e. The lowest BCUT2D eigenvalue weighted by Gasteiger charge is -2.09. The zero-order valence-electron chi connectivity index (χ0n) is 13.3. The van der Waals surface area contributed by atoms with Gasteiger partial charge in [0, 0.05) is 5.39 Å². The molecular formula is C20H15NO2PS+. The summed E-state index contributed by atoms with van der Waals surface area (Å²) in [5.41, 5.74) is 4.13. The van der Waals surface area contributed by atoms with Gasteiger partial charge in [-0.15, -0.1) is 11.3 Å². The minimum Gasteiger partial charge on any atom is -0.247 e. The molecule has 0 amide bonds. The highest BCUT2D eigenvalue weighted by atomic mass is 32.1. The van der Waals surface area contributed by atoms with Crippen molar-refractivity contribution in [1.29, 1.82) is 0 Å². The van der Waals surface area contributed by atoms with Crippen molar-refractivity contribution in [2.75, 3.05) is 0 Å². The van der Waals surface area contributed by atoms with Crippen molar-refractivity contribution in [3.8, 4) is 21.7 Å². The molecule has 0 spiro atoms. The molecule has 2 heterocycles. The van der Waals surface area contributed by atoms with Gasteiger partial charge in [0.1, 0.15) is 0 Å². The fourth-order valence-corrected chi connectivity index (χ4v) is 4.62. The van der Waals surface area contributed by atoms with Crippen molar-refractivity contribution in [2.24, 2.45) is 0 Å². The van der Waals surface area contributed by atoms with Crippen LogP contribution in [0.5, 0.6) is 0 Å². The lowest BCUT2D eigenvalue weighted by atomic mass is 10.00. The summed E-state index contributed by atoms with van der Waals surface area (Å²) in [5, 5.41) is 1.12. The van der Waals surface area contributed by atoms with Crippen molar-refractivity contribution in [1.82, 2.24) is 4.98 Å². The van der Waals surface area contributed by atoms with Crippen molar-refractivity contribution in [3.63, 3.8) is 0 Å².